The van der Waals surface area contributed by atoms with Crippen LogP contribution in [-0.2, 0) is 0 Å². The predicted molar refractivity (Wildman–Crippen MR) is 36.9 cm³/mol. The Kier molecular flexibility index (Phi) is 2.93. The first-order valence-electron chi connectivity index (χ1n) is 3.44. The van der Waals surface area contributed by atoms with Crippen molar-refractivity contribution < 1.29 is 26.7 Å². The van der Waals surface area contributed by atoms with E-state index >= 15 is 0 Å². The molecule has 0 aliphatic heterocycles. The van der Waals surface area contributed by atoms with E-state index in [1.54, 1.807) is 0 Å². The smallest absolute Gasteiger partial charge is 0.405 e. The van der Waals surface area contributed by atoms with E-state index in [-0.39, 0.29) is 0 Å². The van der Waals surface area contributed by atoms with Gasteiger partial charge in [-0.1, -0.05) is 12.1 Å². The van der Waals surface area contributed by atoms with Gasteiger partial charge in [0.15, 0.2) is 0 Å². The number of hydrogen-bond acceptors (Lipinski definition) is 1. The summed E-state index contributed by atoms with van der Waals surface area (Å²) in [6.07, 6.45) is -7.76. The van der Waals surface area contributed by atoms with E-state index in [1.165, 1.54) is 0 Å². The molecule has 0 amide bonds. The molecule has 0 aliphatic carbocycles. The molecule has 1 radical (unpaired) electrons. The number of rotatable bonds is 2. The lowest BCUT2D eigenvalue weighted by atomic mass is 10.2. The molecule has 0 N–H and O–H groups in total. The summed E-state index contributed by atoms with van der Waals surface area (Å²) in [5.41, 5.74) is -0.633. The molecule has 0 aliphatic rings. The van der Waals surface area contributed by atoms with Crippen molar-refractivity contribution in [3.05, 3.63) is 29.8 Å². The number of ether oxygens (including phenoxy) is 1. The standard InChI is InChI=1S/C8H4F5O/c9-7(10)5-2-1-3-6(4-5)14-8(11,12)13/h1-3,7H. The molecule has 0 spiro atoms. The minimum Gasteiger partial charge on any atom is -0.405 e. The topological polar surface area (TPSA) is 9.23 Å². The molecule has 0 bridgehead atoms. The minimum absolute atomic E-state index is 0.633. The maximum atomic E-state index is 12.0. The zero-order valence-corrected chi connectivity index (χ0v) is 6.61. The lowest BCUT2D eigenvalue weighted by molar-refractivity contribution is -0.274. The van der Waals surface area contributed by atoms with Crippen molar-refractivity contribution in [1.82, 2.24) is 0 Å². The van der Waals surface area contributed by atoms with Gasteiger partial charge in [-0.05, 0) is 6.07 Å². The third-order valence-electron chi connectivity index (χ3n) is 1.25. The van der Waals surface area contributed by atoms with Crippen molar-refractivity contribution >= 4 is 0 Å². The number of benzene rings is 1. The molecule has 0 aromatic heterocycles. The first kappa shape index (κ1) is 10.7. The van der Waals surface area contributed by atoms with Gasteiger partial charge in [-0.15, -0.1) is 13.2 Å². The van der Waals surface area contributed by atoms with Gasteiger partial charge in [0.1, 0.15) is 5.75 Å². The van der Waals surface area contributed by atoms with Gasteiger partial charge in [-0.3, -0.25) is 0 Å². The second-order valence-electron chi connectivity index (χ2n) is 2.32. The summed E-state index contributed by atoms with van der Waals surface area (Å²) in [6, 6.07) is 4.72. The zero-order chi connectivity index (χ0) is 10.8. The highest BCUT2D eigenvalue weighted by Crippen LogP contribution is 2.26. The Hall–Kier alpha value is -1.33. The van der Waals surface area contributed by atoms with Crippen LogP contribution in [0, 0.1) is 6.07 Å². The highest BCUT2D eigenvalue weighted by molar-refractivity contribution is 5.27. The minimum atomic E-state index is -4.89. The summed E-state index contributed by atoms with van der Waals surface area (Å²) < 4.78 is 62.4. The monoisotopic (exact) mass is 211 g/mol. The molecule has 14 heavy (non-hydrogen) atoms. The molecule has 0 atom stereocenters. The molecule has 0 fully saturated rings. The first-order valence-corrected chi connectivity index (χ1v) is 3.44. The van der Waals surface area contributed by atoms with Crippen molar-refractivity contribution in [2.24, 2.45) is 0 Å². The molecule has 1 aromatic rings. The van der Waals surface area contributed by atoms with Gasteiger partial charge in [0.25, 0.3) is 6.43 Å². The van der Waals surface area contributed by atoms with E-state index in [9.17, 15) is 22.0 Å². The lowest BCUT2D eigenvalue weighted by Crippen LogP contribution is -2.17. The fourth-order valence-electron chi connectivity index (χ4n) is 0.776. The fourth-order valence-corrected chi connectivity index (χ4v) is 0.776. The summed E-state index contributed by atoms with van der Waals surface area (Å²) >= 11 is 0. The molecule has 1 nitrogen and oxygen atoms in total. The molecule has 1 rings (SSSR count). The third kappa shape index (κ3) is 3.20. The molecule has 77 valence electrons. The van der Waals surface area contributed by atoms with Crippen LogP contribution in [0.1, 0.15) is 12.0 Å². The van der Waals surface area contributed by atoms with Crippen LogP contribution in [0.25, 0.3) is 0 Å². The van der Waals surface area contributed by atoms with Gasteiger partial charge in [-0.25, -0.2) is 8.78 Å². The Morgan fingerprint density at radius 1 is 1.21 bits per heavy atom. The van der Waals surface area contributed by atoms with Crippen molar-refractivity contribution in [3.63, 3.8) is 0 Å². The quantitative estimate of drug-likeness (QED) is 0.681. The van der Waals surface area contributed by atoms with Crippen LogP contribution in [0.15, 0.2) is 18.2 Å². The Labute approximate surface area is 76.1 Å². The molecule has 0 saturated carbocycles. The number of alkyl halides is 5. The van der Waals surface area contributed by atoms with Crippen LogP contribution in [0.3, 0.4) is 0 Å². The van der Waals surface area contributed by atoms with Gasteiger partial charge in [0.05, 0.1) is 0 Å². The van der Waals surface area contributed by atoms with E-state index in [0.29, 0.717) is 0 Å². The summed E-state index contributed by atoms with van der Waals surface area (Å²) in [7, 11) is 0. The van der Waals surface area contributed by atoms with Gasteiger partial charge in [0.2, 0.25) is 0 Å². The number of halogens is 5. The highest BCUT2D eigenvalue weighted by Gasteiger charge is 2.31. The SMILES string of the molecule is FC(F)c1[c]c(OC(F)(F)F)ccc1. The van der Waals surface area contributed by atoms with Crippen LogP contribution in [0.2, 0.25) is 0 Å². The van der Waals surface area contributed by atoms with Crippen molar-refractivity contribution in [1.29, 1.82) is 0 Å². The van der Waals surface area contributed by atoms with Gasteiger partial charge >= 0.3 is 6.36 Å². The van der Waals surface area contributed by atoms with Gasteiger partial charge in [0, 0.05) is 11.6 Å². The molecule has 0 saturated heterocycles. The fraction of sp³-hybridized carbons (Fsp3) is 0.250. The van der Waals surface area contributed by atoms with E-state index in [2.05, 4.69) is 4.74 Å². The van der Waals surface area contributed by atoms with Crippen LogP contribution in [-0.4, -0.2) is 6.36 Å². The second-order valence-corrected chi connectivity index (χ2v) is 2.32. The summed E-state index contributed by atoms with van der Waals surface area (Å²) in [5, 5.41) is 0. The van der Waals surface area contributed by atoms with Crippen molar-refractivity contribution in [2.45, 2.75) is 12.8 Å². The van der Waals surface area contributed by atoms with E-state index < -0.39 is 24.1 Å². The average molecular weight is 211 g/mol. The van der Waals surface area contributed by atoms with E-state index in [0.717, 1.165) is 18.2 Å². The normalized spacial score (nSPS) is 11.9. The Morgan fingerprint density at radius 3 is 2.36 bits per heavy atom. The summed E-state index contributed by atoms with van der Waals surface area (Å²) in [4.78, 5) is 0. The molecule has 6 heteroatoms. The Morgan fingerprint density at radius 2 is 1.86 bits per heavy atom. The Bertz CT molecular complexity index is 307. The van der Waals surface area contributed by atoms with Crippen molar-refractivity contribution in [2.75, 3.05) is 0 Å². The number of hydrogen-bond donors (Lipinski definition) is 0. The maximum absolute atomic E-state index is 12.0. The predicted octanol–water partition coefficient (Wildman–Crippen LogP) is 3.32. The molecule has 0 heterocycles. The first-order chi connectivity index (χ1) is 6.38. The third-order valence-corrected chi connectivity index (χ3v) is 1.25. The largest absolute Gasteiger partial charge is 0.573 e. The average Bonchev–Trinajstić information content (AvgIpc) is 2.01. The summed E-state index contributed by atoms with van der Waals surface area (Å²) in [5.74, 6) is -0.768. The maximum Gasteiger partial charge on any atom is 0.573 e. The van der Waals surface area contributed by atoms with Crippen LogP contribution in [0.4, 0.5) is 22.0 Å². The van der Waals surface area contributed by atoms with E-state index in [1.807, 2.05) is 6.07 Å². The van der Waals surface area contributed by atoms with Crippen molar-refractivity contribution in [3.8, 4) is 5.75 Å². The molecule has 0 unspecified atom stereocenters. The Balaban J connectivity index is 2.84. The summed E-state index contributed by atoms with van der Waals surface area (Å²) in [6.45, 7) is 0. The molecule has 1 aromatic carbocycles. The van der Waals surface area contributed by atoms with Crippen LogP contribution < -0.4 is 4.74 Å². The van der Waals surface area contributed by atoms with Crippen LogP contribution in [0.5, 0.6) is 5.75 Å². The molecular weight excluding hydrogens is 207 g/mol. The molecular formula is C8H4F5O. The van der Waals surface area contributed by atoms with E-state index in [4.69, 9.17) is 0 Å². The van der Waals surface area contributed by atoms with Crippen LogP contribution >= 0.6 is 0 Å². The second kappa shape index (κ2) is 3.81. The highest BCUT2D eigenvalue weighted by atomic mass is 19.4. The van der Waals surface area contributed by atoms with Gasteiger partial charge < -0.3 is 4.74 Å². The van der Waals surface area contributed by atoms with Gasteiger partial charge in [-0.2, -0.15) is 0 Å². The lowest BCUT2D eigenvalue weighted by Gasteiger charge is -2.08. The zero-order valence-electron chi connectivity index (χ0n) is 6.61.